The summed E-state index contributed by atoms with van der Waals surface area (Å²) >= 11 is 0. The average Bonchev–Trinajstić information content (AvgIpc) is 2.40. The third-order valence-electron chi connectivity index (χ3n) is 3.29. The first-order chi connectivity index (χ1) is 9.77. The molecule has 0 fully saturated rings. The van der Waals surface area contributed by atoms with Crippen LogP contribution in [0, 0.1) is 5.82 Å². The molecule has 0 aliphatic rings. The largest absolute Gasteiger partial charge is 0.492 e. The highest BCUT2D eigenvalue weighted by Crippen LogP contribution is 2.26. The molecule has 21 heavy (non-hydrogen) atoms. The zero-order chi connectivity index (χ0) is 16.0. The van der Waals surface area contributed by atoms with Crippen LogP contribution >= 0.6 is 0 Å². The van der Waals surface area contributed by atoms with Crippen LogP contribution in [0.15, 0.2) is 18.2 Å². The zero-order valence-corrected chi connectivity index (χ0v) is 13.8. The fourth-order valence-corrected chi connectivity index (χ4v) is 2.70. The van der Waals surface area contributed by atoms with Crippen LogP contribution in [-0.2, 0) is 9.84 Å². The Morgan fingerprint density at radius 2 is 1.95 bits per heavy atom. The van der Waals surface area contributed by atoms with E-state index in [9.17, 15) is 12.8 Å². The van der Waals surface area contributed by atoms with E-state index in [-0.39, 0.29) is 24.2 Å². The van der Waals surface area contributed by atoms with E-state index in [1.807, 2.05) is 13.8 Å². The molecule has 0 radical (unpaired) electrons. The SMILES string of the molecule is CCNC(C)c1cc(F)ccc1OCCS(=O)(=O)C(C)C. The Kier molecular flexibility index (Phi) is 6.61. The van der Waals surface area contributed by atoms with Crippen molar-refractivity contribution in [3.05, 3.63) is 29.6 Å². The molecule has 0 amide bonds. The number of halogens is 1. The van der Waals surface area contributed by atoms with Gasteiger partial charge >= 0.3 is 0 Å². The standard InChI is InChI=1S/C15H24FNO3S/c1-5-17-12(4)14-10-13(16)6-7-15(14)20-8-9-21(18,19)11(2)3/h6-7,10-12,17H,5,8-9H2,1-4H3. The number of benzene rings is 1. The van der Waals surface area contributed by atoms with Crippen molar-refractivity contribution in [3.8, 4) is 5.75 Å². The summed E-state index contributed by atoms with van der Waals surface area (Å²) in [5.74, 6) is 0.137. The van der Waals surface area contributed by atoms with Gasteiger partial charge in [0, 0.05) is 11.6 Å². The van der Waals surface area contributed by atoms with Gasteiger partial charge in [0.1, 0.15) is 18.2 Å². The Labute approximate surface area is 126 Å². The third-order valence-corrected chi connectivity index (χ3v) is 5.46. The van der Waals surface area contributed by atoms with Gasteiger partial charge in [0.15, 0.2) is 9.84 Å². The summed E-state index contributed by atoms with van der Waals surface area (Å²) in [4.78, 5) is 0. The van der Waals surface area contributed by atoms with Crippen LogP contribution in [-0.4, -0.2) is 32.6 Å². The van der Waals surface area contributed by atoms with E-state index < -0.39 is 15.1 Å². The summed E-state index contributed by atoms with van der Waals surface area (Å²) < 4.78 is 42.4. The second kappa shape index (κ2) is 7.75. The normalized spacial score (nSPS) is 13.4. The van der Waals surface area contributed by atoms with Gasteiger partial charge in [0.05, 0.1) is 11.0 Å². The second-order valence-corrected chi connectivity index (χ2v) is 7.90. The lowest BCUT2D eigenvalue weighted by Gasteiger charge is -2.18. The highest BCUT2D eigenvalue weighted by atomic mass is 32.2. The van der Waals surface area contributed by atoms with Gasteiger partial charge in [0.2, 0.25) is 0 Å². The van der Waals surface area contributed by atoms with Gasteiger partial charge in [-0.25, -0.2) is 12.8 Å². The van der Waals surface area contributed by atoms with Crippen LogP contribution in [0.2, 0.25) is 0 Å². The van der Waals surface area contributed by atoms with Crippen molar-refractivity contribution in [2.24, 2.45) is 0 Å². The van der Waals surface area contributed by atoms with Crippen molar-refractivity contribution >= 4 is 9.84 Å². The molecule has 120 valence electrons. The molecule has 0 aromatic heterocycles. The number of rotatable bonds is 8. The molecule has 0 spiro atoms. The topological polar surface area (TPSA) is 55.4 Å². The van der Waals surface area contributed by atoms with Crippen molar-refractivity contribution < 1.29 is 17.5 Å². The lowest BCUT2D eigenvalue weighted by molar-refractivity contribution is 0.332. The quantitative estimate of drug-likeness (QED) is 0.801. The first-order valence-electron chi connectivity index (χ1n) is 7.15. The minimum atomic E-state index is -3.13. The molecular formula is C15H24FNO3S. The summed E-state index contributed by atoms with van der Waals surface area (Å²) in [5.41, 5.74) is 0.693. The average molecular weight is 317 g/mol. The van der Waals surface area contributed by atoms with Gasteiger partial charge in [-0.2, -0.15) is 0 Å². The fraction of sp³-hybridized carbons (Fsp3) is 0.600. The van der Waals surface area contributed by atoms with Crippen molar-refractivity contribution in [3.63, 3.8) is 0 Å². The molecule has 0 heterocycles. The Morgan fingerprint density at radius 3 is 2.52 bits per heavy atom. The number of ether oxygens (including phenoxy) is 1. The van der Waals surface area contributed by atoms with Gasteiger partial charge in [-0.1, -0.05) is 6.92 Å². The summed E-state index contributed by atoms with van der Waals surface area (Å²) in [6, 6.07) is 4.21. The molecule has 0 aliphatic carbocycles. The molecule has 1 unspecified atom stereocenters. The Balaban J connectivity index is 2.79. The summed E-state index contributed by atoms with van der Waals surface area (Å²) in [6.07, 6.45) is 0. The Morgan fingerprint density at radius 1 is 1.29 bits per heavy atom. The number of nitrogens with one attached hydrogen (secondary N) is 1. The Bertz CT molecular complexity index is 558. The molecule has 0 saturated carbocycles. The van der Waals surface area contributed by atoms with E-state index in [0.717, 1.165) is 6.54 Å². The smallest absolute Gasteiger partial charge is 0.155 e. The summed E-state index contributed by atoms with van der Waals surface area (Å²) in [7, 11) is -3.13. The fourth-order valence-electron chi connectivity index (χ4n) is 1.91. The molecule has 1 rings (SSSR count). The van der Waals surface area contributed by atoms with Crippen LogP contribution in [0.25, 0.3) is 0 Å². The first kappa shape index (κ1) is 17.9. The van der Waals surface area contributed by atoms with Crippen molar-refractivity contribution in [2.75, 3.05) is 18.9 Å². The monoisotopic (exact) mass is 317 g/mol. The first-order valence-corrected chi connectivity index (χ1v) is 8.86. The van der Waals surface area contributed by atoms with Gasteiger partial charge < -0.3 is 10.1 Å². The van der Waals surface area contributed by atoms with E-state index in [2.05, 4.69) is 5.32 Å². The van der Waals surface area contributed by atoms with Crippen LogP contribution in [0.5, 0.6) is 5.75 Å². The molecule has 6 heteroatoms. The van der Waals surface area contributed by atoms with Crippen molar-refractivity contribution in [1.82, 2.24) is 5.32 Å². The number of hydrogen-bond acceptors (Lipinski definition) is 4. The third kappa shape index (κ3) is 5.28. The highest BCUT2D eigenvalue weighted by Gasteiger charge is 2.17. The van der Waals surface area contributed by atoms with Gasteiger partial charge in [0.25, 0.3) is 0 Å². The predicted octanol–water partition coefficient (Wildman–Crippen LogP) is 2.70. The van der Waals surface area contributed by atoms with Gasteiger partial charge in [-0.3, -0.25) is 0 Å². The lowest BCUT2D eigenvalue weighted by Crippen LogP contribution is -2.23. The Hall–Kier alpha value is -1.14. The van der Waals surface area contributed by atoms with E-state index in [1.54, 1.807) is 19.9 Å². The molecule has 0 saturated heterocycles. The van der Waals surface area contributed by atoms with E-state index in [4.69, 9.17) is 4.74 Å². The molecule has 1 N–H and O–H groups in total. The van der Waals surface area contributed by atoms with E-state index in [1.165, 1.54) is 12.1 Å². The molecule has 0 aliphatic heterocycles. The van der Waals surface area contributed by atoms with Gasteiger partial charge in [-0.05, 0) is 45.5 Å². The molecule has 1 aromatic rings. The minimum Gasteiger partial charge on any atom is -0.492 e. The minimum absolute atomic E-state index is 0.0446. The lowest BCUT2D eigenvalue weighted by atomic mass is 10.1. The van der Waals surface area contributed by atoms with Crippen molar-refractivity contribution in [2.45, 2.75) is 39.0 Å². The van der Waals surface area contributed by atoms with Crippen molar-refractivity contribution in [1.29, 1.82) is 0 Å². The van der Waals surface area contributed by atoms with Crippen LogP contribution in [0.1, 0.15) is 39.3 Å². The summed E-state index contributed by atoms with van der Waals surface area (Å²) in [6.45, 7) is 7.98. The molecule has 1 atom stereocenters. The van der Waals surface area contributed by atoms with Gasteiger partial charge in [-0.15, -0.1) is 0 Å². The molecule has 0 bridgehead atoms. The van der Waals surface area contributed by atoms with Crippen LogP contribution in [0.3, 0.4) is 0 Å². The number of hydrogen-bond donors (Lipinski definition) is 1. The maximum absolute atomic E-state index is 13.4. The highest BCUT2D eigenvalue weighted by molar-refractivity contribution is 7.91. The molecule has 1 aromatic carbocycles. The maximum atomic E-state index is 13.4. The van der Waals surface area contributed by atoms with Crippen LogP contribution < -0.4 is 10.1 Å². The molecular weight excluding hydrogens is 293 g/mol. The second-order valence-electron chi connectivity index (χ2n) is 5.23. The van der Waals surface area contributed by atoms with Crippen LogP contribution in [0.4, 0.5) is 4.39 Å². The number of sulfone groups is 1. The maximum Gasteiger partial charge on any atom is 0.155 e. The van der Waals surface area contributed by atoms with E-state index >= 15 is 0 Å². The zero-order valence-electron chi connectivity index (χ0n) is 13.0. The molecule has 4 nitrogen and oxygen atoms in total. The summed E-state index contributed by atoms with van der Waals surface area (Å²) in [5, 5.41) is 2.77. The van der Waals surface area contributed by atoms with E-state index in [0.29, 0.717) is 11.3 Å². The predicted molar refractivity (Wildman–Crippen MR) is 82.9 cm³/mol.